The van der Waals surface area contributed by atoms with E-state index in [0.717, 1.165) is 51.1 Å². The van der Waals surface area contributed by atoms with Crippen molar-refractivity contribution in [3.8, 4) is 0 Å². The Labute approximate surface area is 113 Å². The second kappa shape index (κ2) is 5.21. The fraction of sp³-hybridized carbons (Fsp3) is 0.533. The fourth-order valence-electron chi connectivity index (χ4n) is 3.10. The predicted molar refractivity (Wildman–Crippen MR) is 74.3 cm³/mol. The monoisotopic (exact) mass is 260 g/mol. The molecule has 0 aromatic heterocycles. The highest BCUT2D eigenvalue weighted by atomic mass is 16.5. The van der Waals surface area contributed by atoms with Crippen molar-refractivity contribution >= 4 is 11.6 Å². The Morgan fingerprint density at radius 2 is 2.11 bits per heavy atom. The third kappa shape index (κ3) is 2.45. The molecule has 1 aromatic carbocycles. The lowest BCUT2D eigenvalue weighted by Gasteiger charge is -2.31. The quantitative estimate of drug-likeness (QED) is 0.875. The summed E-state index contributed by atoms with van der Waals surface area (Å²) in [7, 11) is 0. The highest BCUT2D eigenvalue weighted by Crippen LogP contribution is 2.34. The van der Waals surface area contributed by atoms with Gasteiger partial charge in [0.1, 0.15) is 0 Å². The molecule has 1 unspecified atom stereocenters. The van der Waals surface area contributed by atoms with Crippen molar-refractivity contribution in [3.63, 3.8) is 0 Å². The number of carbonyl (C=O) groups excluding carboxylic acids is 1. The van der Waals surface area contributed by atoms with Crippen LogP contribution in [0.3, 0.4) is 0 Å². The van der Waals surface area contributed by atoms with E-state index >= 15 is 0 Å². The molecule has 1 aliphatic heterocycles. The van der Waals surface area contributed by atoms with Crippen LogP contribution in [-0.4, -0.2) is 32.2 Å². The lowest BCUT2D eigenvalue weighted by atomic mass is 9.82. The van der Waals surface area contributed by atoms with Crippen LogP contribution in [0.25, 0.3) is 0 Å². The molecule has 4 nitrogen and oxygen atoms in total. The maximum Gasteiger partial charge on any atom is 0.224 e. The van der Waals surface area contributed by atoms with E-state index in [0.29, 0.717) is 0 Å². The van der Waals surface area contributed by atoms with E-state index in [1.54, 1.807) is 0 Å². The molecule has 102 valence electrons. The minimum atomic E-state index is -0.194. The number of fused-ring (bicyclic) bond motifs is 1. The molecule has 1 fully saturated rings. The van der Waals surface area contributed by atoms with E-state index in [9.17, 15) is 4.79 Å². The number of nitrogens with two attached hydrogens (primary N) is 1. The molecular weight excluding hydrogens is 240 g/mol. The lowest BCUT2D eigenvalue weighted by Crippen LogP contribution is -2.36. The Bertz CT molecular complexity index is 481. The van der Waals surface area contributed by atoms with Crippen LogP contribution in [0.4, 0.5) is 5.69 Å². The Morgan fingerprint density at radius 1 is 1.32 bits per heavy atom. The maximum atomic E-state index is 11.6. The Morgan fingerprint density at radius 3 is 2.84 bits per heavy atom. The zero-order valence-corrected chi connectivity index (χ0v) is 11.1. The smallest absolute Gasteiger partial charge is 0.224 e. The van der Waals surface area contributed by atoms with E-state index in [-0.39, 0.29) is 11.8 Å². The summed E-state index contributed by atoms with van der Waals surface area (Å²) in [6.07, 6.45) is 2.99. The zero-order chi connectivity index (χ0) is 13.2. The van der Waals surface area contributed by atoms with Gasteiger partial charge in [-0.2, -0.15) is 0 Å². The van der Waals surface area contributed by atoms with Crippen LogP contribution in [0, 0.1) is 0 Å². The van der Waals surface area contributed by atoms with Gasteiger partial charge in [-0.1, -0.05) is 6.07 Å². The van der Waals surface area contributed by atoms with Gasteiger partial charge in [-0.15, -0.1) is 0 Å². The molecule has 4 heteroatoms. The number of morpholine rings is 1. The summed E-state index contributed by atoms with van der Waals surface area (Å²) in [6, 6.07) is 6.48. The molecule has 1 amide bonds. The molecule has 0 radical (unpaired) electrons. The Hall–Kier alpha value is -1.55. The molecule has 2 N–H and O–H groups in total. The summed E-state index contributed by atoms with van der Waals surface area (Å²) in [4.78, 5) is 13.9. The molecule has 1 heterocycles. The first-order valence-corrected chi connectivity index (χ1v) is 7.00. The van der Waals surface area contributed by atoms with Crippen LogP contribution in [0.1, 0.15) is 29.9 Å². The third-order valence-corrected chi connectivity index (χ3v) is 4.16. The van der Waals surface area contributed by atoms with Gasteiger partial charge in [-0.3, -0.25) is 4.79 Å². The van der Waals surface area contributed by atoms with E-state index < -0.39 is 0 Å². The molecule has 1 aromatic rings. The van der Waals surface area contributed by atoms with E-state index in [2.05, 4.69) is 23.1 Å². The summed E-state index contributed by atoms with van der Waals surface area (Å²) in [5.74, 6) is -0.301. The second-order valence-corrected chi connectivity index (χ2v) is 5.33. The predicted octanol–water partition coefficient (Wildman–Crippen LogP) is 1.43. The van der Waals surface area contributed by atoms with Crippen molar-refractivity contribution in [1.82, 2.24) is 0 Å². The van der Waals surface area contributed by atoms with Gasteiger partial charge in [-0.25, -0.2) is 0 Å². The summed E-state index contributed by atoms with van der Waals surface area (Å²) in [6.45, 7) is 3.38. The average molecular weight is 260 g/mol. The number of anilines is 1. The summed E-state index contributed by atoms with van der Waals surface area (Å²) >= 11 is 0. The first kappa shape index (κ1) is 12.5. The minimum absolute atomic E-state index is 0.107. The topological polar surface area (TPSA) is 55.6 Å². The zero-order valence-electron chi connectivity index (χ0n) is 11.1. The van der Waals surface area contributed by atoms with Gasteiger partial charge < -0.3 is 15.4 Å². The Balaban J connectivity index is 1.92. The van der Waals surface area contributed by atoms with Gasteiger partial charge in [0.25, 0.3) is 0 Å². The van der Waals surface area contributed by atoms with Gasteiger partial charge in [0.15, 0.2) is 0 Å². The number of amides is 1. The van der Waals surface area contributed by atoms with Crippen molar-refractivity contribution in [2.45, 2.75) is 25.2 Å². The van der Waals surface area contributed by atoms with Gasteiger partial charge in [-0.05, 0) is 42.5 Å². The second-order valence-electron chi connectivity index (χ2n) is 5.33. The molecular formula is C15H20N2O2. The fourth-order valence-corrected chi connectivity index (χ4v) is 3.10. The summed E-state index contributed by atoms with van der Waals surface area (Å²) in [5, 5.41) is 0. The number of carbonyl (C=O) groups is 1. The van der Waals surface area contributed by atoms with Crippen molar-refractivity contribution in [1.29, 1.82) is 0 Å². The minimum Gasteiger partial charge on any atom is -0.378 e. The van der Waals surface area contributed by atoms with Crippen molar-refractivity contribution < 1.29 is 9.53 Å². The van der Waals surface area contributed by atoms with Gasteiger partial charge in [0, 0.05) is 18.8 Å². The highest BCUT2D eigenvalue weighted by Gasteiger charge is 2.25. The van der Waals surface area contributed by atoms with Crippen molar-refractivity contribution in [2.75, 3.05) is 31.2 Å². The van der Waals surface area contributed by atoms with Gasteiger partial charge in [0.2, 0.25) is 5.91 Å². The molecule has 0 bridgehead atoms. The number of primary amides is 1. The number of nitrogens with zero attached hydrogens (tertiary/aromatic N) is 1. The first-order chi connectivity index (χ1) is 9.25. The molecule has 2 aliphatic rings. The van der Waals surface area contributed by atoms with Crippen molar-refractivity contribution in [3.05, 3.63) is 29.3 Å². The van der Waals surface area contributed by atoms with Crippen LogP contribution < -0.4 is 10.6 Å². The normalized spacial score (nSPS) is 22.9. The molecule has 0 spiro atoms. The number of hydrogen-bond acceptors (Lipinski definition) is 3. The number of aryl methyl sites for hydroxylation is 1. The number of benzene rings is 1. The molecule has 1 aliphatic carbocycles. The summed E-state index contributed by atoms with van der Waals surface area (Å²) < 4.78 is 5.38. The standard InChI is InChI=1S/C15H20N2O2/c16-15(18)13-3-1-2-11-4-5-12(10-14(11)13)17-6-8-19-9-7-17/h4-5,10,13H,1-3,6-9H2,(H2,16,18). The van der Waals surface area contributed by atoms with Gasteiger partial charge >= 0.3 is 0 Å². The van der Waals surface area contributed by atoms with Crippen LogP contribution in [0.5, 0.6) is 0 Å². The van der Waals surface area contributed by atoms with Gasteiger partial charge in [0.05, 0.1) is 19.1 Å². The largest absolute Gasteiger partial charge is 0.378 e. The van der Waals surface area contributed by atoms with Crippen LogP contribution in [0.15, 0.2) is 18.2 Å². The lowest BCUT2D eigenvalue weighted by molar-refractivity contribution is -0.119. The van der Waals surface area contributed by atoms with Crippen LogP contribution >= 0.6 is 0 Å². The number of hydrogen-bond donors (Lipinski definition) is 1. The number of ether oxygens (including phenoxy) is 1. The molecule has 19 heavy (non-hydrogen) atoms. The highest BCUT2D eigenvalue weighted by molar-refractivity contribution is 5.83. The molecule has 0 saturated carbocycles. The van der Waals surface area contributed by atoms with E-state index in [4.69, 9.17) is 10.5 Å². The van der Waals surface area contributed by atoms with E-state index in [1.165, 1.54) is 11.3 Å². The SMILES string of the molecule is NC(=O)C1CCCc2ccc(N3CCOCC3)cc21. The first-order valence-electron chi connectivity index (χ1n) is 7.00. The molecule has 1 saturated heterocycles. The molecule has 3 rings (SSSR count). The summed E-state index contributed by atoms with van der Waals surface area (Å²) in [5.41, 5.74) is 9.15. The average Bonchev–Trinajstić information content (AvgIpc) is 2.47. The van der Waals surface area contributed by atoms with Crippen molar-refractivity contribution in [2.24, 2.45) is 5.73 Å². The number of rotatable bonds is 2. The third-order valence-electron chi connectivity index (χ3n) is 4.16. The maximum absolute atomic E-state index is 11.6. The van der Waals surface area contributed by atoms with Crippen LogP contribution in [-0.2, 0) is 16.0 Å². The van der Waals surface area contributed by atoms with Crippen LogP contribution in [0.2, 0.25) is 0 Å². The van der Waals surface area contributed by atoms with E-state index in [1.807, 2.05) is 0 Å². The Kier molecular flexibility index (Phi) is 3.42. The molecule has 1 atom stereocenters.